The van der Waals surface area contributed by atoms with E-state index in [9.17, 15) is 23.1 Å². The summed E-state index contributed by atoms with van der Waals surface area (Å²) < 4.78 is 57.9. The van der Waals surface area contributed by atoms with E-state index in [1.54, 1.807) is 28.9 Å². The van der Waals surface area contributed by atoms with Crippen LogP contribution in [0.3, 0.4) is 0 Å². The molecule has 1 amide bonds. The molecule has 1 fully saturated rings. The van der Waals surface area contributed by atoms with Crippen LogP contribution in [0.4, 0.5) is 13.2 Å². The van der Waals surface area contributed by atoms with Crippen molar-refractivity contribution in [3.63, 3.8) is 0 Å². The van der Waals surface area contributed by atoms with Crippen molar-refractivity contribution in [3.8, 4) is 11.3 Å². The molecule has 0 spiro atoms. The molecule has 3 rings (SSSR count). The molecule has 0 aliphatic heterocycles. The third-order valence-corrected chi connectivity index (χ3v) is 7.19. The standard InChI is InChI=1S/C25H33ClF3N3O2.O2S/c1-5-32-21(18-8-6-17(7-9-18)14-23(3,4)25(27,28)29)19(26)20(31-32)22(33)30-15-24(34)12-10-16(2)11-13-24;1-3-2/h6-9,16,34H,5,10-15H2,1-4H3,(H,30,33);. The fraction of sp³-hybridized carbons (Fsp3) is 0.600. The lowest BCUT2D eigenvalue weighted by Crippen LogP contribution is -2.45. The number of aromatic nitrogens is 2. The van der Waals surface area contributed by atoms with Crippen molar-refractivity contribution in [3.05, 3.63) is 40.5 Å². The summed E-state index contributed by atoms with van der Waals surface area (Å²) in [5.74, 6) is 0.105. The monoisotopic (exact) mass is 563 g/mol. The number of nitrogens with zero attached hydrogens (tertiary/aromatic N) is 2. The number of nitrogens with one attached hydrogen (secondary N) is 1. The van der Waals surface area contributed by atoms with Gasteiger partial charge in [-0.3, -0.25) is 9.48 Å². The van der Waals surface area contributed by atoms with Crippen molar-refractivity contribution < 1.29 is 31.5 Å². The van der Waals surface area contributed by atoms with E-state index >= 15 is 0 Å². The van der Waals surface area contributed by atoms with E-state index < -0.39 is 34.7 Å². The van der Waals surface area contributed by atoms with Gasteiger partial charge >= 0.3 is 17.7 Å². The zero-order valence-electron chi connectivity index (χ0n) is 21.3. The predicted octanol–water partition coefficient (Wildman–Crippen LogP) is 5.36. The van der Waals surface area contributed by atoms with Gasteiger partial charge in [0.05, 0.1) is 21.7 Å². The van der Waals surface area contributed by atoms with E-state index in [4.69, 9.17) is 20.0 Å². The Hall–Kier alpha value is -2.24. The summed E-state index contributed by atoms with van der Waals surface area (Å²) in [6.07, 6.45) is -1.35. The molecule has 7 nitrogen and oxygen atoms in total. The van der Waals surface area contributed by atoms with Crippen molar-refractivity contribution in [1.82, 2.24) is 15.1 Å². The summed E-state index contributed by atoms with van der Waals surface area (Å²) in [4.78, 5) is 12.8. The van der Waals surface area contributed by atoms with Crippen molar-refractivity contribution in [2.75, 3.05) is 6.54 Å². The molecule has 12 heteroatoms. The maximum atomic E-state index is 13.2. The Bertz CT molecular complexity index is 1110. The zero-order valence-corrected chi connectivity index (χ0v) is 22.9. The first-order valence-corrected chi connectivity index (χ1v) is 13.1. The van der Waals surface area contributed by atoms with Crippen LogP contribution >= 0.6 is 11.6 Å². The second-order valence-electron chi connectivity index (χ2n) is 10.2. The van der Waals surface area contributed by atoms with E-state index in [2.05, 4.69) is 17.3 Å². The highest BCUT2D eigenvalue weighted by molar-refractivity contribution is 7.51. The topological polar surface area (TPSA) is 101 Å². The van der Waals surface area contributed by atoms with E-state index in [0.717, 1.165) is 12.8 Å². The Labute approximate surface area is 223 Å². The molecule has 0 unspecified atom stereocenters. The molecule has 2 aromatic rings. The molecule has 0 atom stereocenters. The summed E-state index contributed by atoms with van der Waals surface area (Å²) in [5, 5.41) is 18.1. The molecule has 2 N–H and O–H groups in total. The number of amides is 1. The molecule has 1 heterocycles. The van der Waals surface area contributed by atoms with Crippen LogP contribution in [0.25, 0.3) is 11.3 Å². The lowest BCUT2D eigenvalue weighted by Gasteiger charge is -2.34. The summed E-state index contributed by atoms with van der Waals surface area (Å²) in [6, 6.07) is 6.69. The summed E-state index contributed by atoms with van der Waals surface area (Å²) in [5.41, 5.74) is -0.965. The minimum absolute atomic E-state index is 0.0635. The van der Waals surface area contributed by atoms with Gasteiger partial charge in [-0.25, -0.2) is 0 Å². The maximum Gasteiger partial charge on any atom is 0.394 e. The van der Waals surface area contributed by atoms with Gasteiger partial charge in [-0.1, -0.05) is 56.6 Å². The molecule has 0 bridgehead atoms. The van der Waals surface area contributed by atoms with Gasteiger partial charge in [-0.05, 0) is 50.5 Å². The van der Waals surface area contributed by atoms with E-state index in [1.165, 1.54) is 13.8 Å². The number of benzene rings is 1. The molecule has 1 aromatic carbocycles. The van der Waals surface area contributed by atoms with Gasteiger partial charge < -0.3 is 10.4 Å². The molecule has 0 radical (unpaired) electrons. The molecule has 0 saturated heterocycles. The van der Waals surface area contributed by atoms with Gasteiger partial charge in [-0.15, -0.1) is 0 Å². The first-order valence-electron chi connectivity index (χ1n) is 12.0. The Kier molecular flexibility index (Phi) is 10.5. The first-order chi connectivity index (χ1) is 17.2. The molecular formula is C25H33ClF3N3O4S. The van der Waals surface area contributed by atoms with Gasteiger partial charge in [0.15, 0.2) is 5.69 Å². The second kappa shape index (κ2) is 12.5. The average Bonchev–Trinajstić information content (AvgIpc) is 3.16. The number of halogens is 4. The van der Waals surface area contributed by atoms with Crippen molar-refractivity contribution >= 4 is 29.1 Å². The highest BCUT2D eigenvalue weighted by Gasteiger charge is 2.47. The predicted molar refractivity (Wildman–Crippen MR) is 136 cm³/mol. The number of aryl methyl sites for hydroxylation is 1. The number of aliphatic hydroxyl groups is 1. The van der Waals surface area contributed by atoms with Crippen LogP contribution in [0.1, 0.15) is 69.4 Å². The van der Waals surface area contributed by atoms with Gasteiger partial charge in [0.25, 0.3) is 5.91 Å². The minimum Gasteiger partial charge on any atom is -0.388 e. The van der Waals surface area contributed by atoms with Crippen LogP contribution in [0, 0.1) is 11.3 Å². The number of hydrogen-bond donors (Lipinski definition) is 2. The van der Waals surface area contributed by atoms with Crippen LogP contribution in [-0.2, 0) is 24.5 Å². The van der Waals surface area contributed by atoms with Crippen molar-refractivity contribution in [1.29, 1.82) is 0 Å². The number of hydrogen-bond acceptors (Lipinski definition) is 5. The minimum atomic E-state index is -4.30. The number of carbonyl (C=O) groups excluding carboxylic acids is 1. The molecule has 1 aromatic heterocycles. The molecular weight excluding hydrogens is 531 g/mol. The molecule has 37 heavy (non-hydrogen) atoms. The van der Waals surface area contributed by atoms with Crippen LogP contribution in [0.15, 0.2) is 24.3 Å². The number of rotatable bonds is 7. The summed E-state index contributed by atoms with van der Waals surface area (Å²) in [7, 11) is 0. The fourth-order valence-electron chi connectivity index (χ4n) is 4.29. The third kappa shape index (κ3) is 7.87. The van der Waals surface area contributed by atoms with Gasteiger partial charge in [-0.2, -0.15) is 26.7 Å². The average molecular weight is 564 g/mol. The number of carbonyl (C=O) groups is 1. The third-order valence-electron chi connectivity index (χ3n) is 6.83. The lowest BCUT2D eigenvalue weighted by molar-refractivity contribution is -0.211. The Morgan fingerprint density at radius 2 is 1.76 bits per heavy atom. The Morgan fingerprint density at radius 1 is 1.22 bits per heavy atom. The summed E-state index contributed by atoms with van der Waals surface area (Å²) in [6.45, 7) is 6.96. The Morgan fingerprint density at radius 3 is 2.24 bits per heavy atom. The first kappa shape index (κ1) is 31.0. The largest absolute Gasteiger partial charge is 0.394 e. The Balaban J connectivity index is 0.00000153. The highest BCUT2D eigenvalue weighted by Crippen LogP contribution is 2.40. The summed E-state index contributed by atoms with van der Waals surface area (Å²) >= 11 is 5.81. The quantitative estimate of drug-likeness (QED) is 0.472. The molecule has 1 aliphatic rings. The van der Waals surface area contributed by atoms with Gasteiger partial charge in [0.2, 0.25) is 0 Å². The van der Waals surface area contributed by atoms with E-state index in [-0.39, 0.29) is 23.7 Å². The van der Waals surface area contributed by atoms with Crippen molar-refractivity contribution in [2.45, 2.75) is 78.1 Å². The highest BCUT2D eigenvalue weighted by atomic mass is 35.5. The van der Waals surface area contributed by atoms with Gasteiger partial charge in [0.1, 0.15) is 0 Å². The second-order valence-corrected chi connectivity index (χ2v) is 10.8. The smallest absolute Gasteiger partial charge is 0.388 e. The normalized spacial score (nSPS) is 20.1. The van der Waals surface area contributed by atoms with Crippen LogP contribution < -0.4 is 5.32 Å². The van der Waals surface area contributed by atoms with Crippen LogP contribution in [-0.4, -0.2) is 47.5 Å². The zero-order chi connectivity index (χ0) is 28.0. The van der Waals surface area contributed by atoms with Crippen LogP contribution in [0.5, 0.6) is 0 Å². The molecule has 1 aliphatic carbocycles. The maximum absolute atomic E-state index is 13.2. The van der Waals surface area contributed by atoms with Gasteiger partial charge in [0, 0.05) is 18.7 Å². The lowest BCUT2D eigenvalue weighted by atomic mass is 9.79. The molecule has 1 saturated carbocycles. The van der Waals surface area contributed by atoms with E-state index in [1.807, 2.05) is 6.92 Å². The fourth-order valence-corrected chi connectivity index (χ4v) is 4.62. The van der Waals surface area contributed by atoms with Crippen molar-refractivity contribution in [2.24, 2.45) is 11.3 Å². The molecule has 206 valence electrons. The van der Waals surface area contributed by atoms with Crippen LogP contribution in [0.2, 0.25) is 5.02 Å². The van der Waals surface area contributed by atoms with E-state index in [0.29, 0.717) is 42.1 Å². The SMILES string of the molecule is CCn1nc(C(=O)NCC2(O)CCC(C)CC2)c(Cl)c1-c1ccc(CC(C)(C)C(F)(F)F)cc1.O=S=O. The number of alkyl halides is 3.